The number of benzene rings is 1. The van der Waals surface area contributed by atoms with Crippen LogP contribution in [0.5, 0.6) is 0 Å². The Hall–Kier alpha value is -2.39. The van der Waals surface area contributed by atoms with Gasteiger partial charge in [-0.25, -0.2) is 14.2 Å². The summed E-state index contributed by atoms with van der Waals surface area (Å²) in [6.07, 6.45) is 4.54. The second kappa shape index (κ2) is 8.33. The molecule has 0 amide bonds. The Morgan fingerprint density at radius 3 is 2.96 bits per heavy atom. The normalized spacial score (nSPS) is 11.4. The van der Waals surface area contributed by atoms with E-state index in [1.54, 1.807) is 36.3 Å². The van der Waals surface area contributed by atoms with E-state index in [0.717, 1.165) is 19.5 Å². The Morgan fingerprint density at radius 1 is 1.38 bits per heavy atom. The Kier molecular flexibility index (Phi) is 5.89. The minimum absolute atomic E-state index is 0.112. The van der Waals surface area contributed by atoms with E-state index in [1.807, 2.05) is 13.3 Å². The van der Waals surface area contributed by atoms with Gasteiger partial charge in [0.15, 0.2) is 5.65 Å². The minimum atomic E-state index is -0.348. The van der Waals surface area contributed by atoms with Gasteiger partial charge in [0.1, 0.15) is 11.3 Å². The third-order valence-electron chi connectivity index (χ3n) is 4.04. The number of hydrogen-bond acceptors (Lipinski definition) is 6. The van der Waals surface area contributed by atoms with Gasteiger partial charge < -0.3 is 10.3 Å². The first kappa shape index (κ1) is 18.4. The summed E-state index contributed by atoms with van der Waals surface area (Å²) in [5, 5.41) is 3.17. The summed E-state index contributed by atoms with van der Waals surface area (Å²) in [6.45, 7) is 1.78. The molecule has 9 heteroatoms. The molecule has 0 aliphatic rings. The zero-order valence-corrected chi connectivity index (χ0v) is 15.5. The second-order valence-electron chi connectivity index (χ2n) is 5.85. The highest BCUT2D eigenvalue weighted by Crippen LogP contribution is 2.13. The van der Waals surface area contributed by atoms with Crippen LogP contribution in [0.3, 0.4) is 0 Å². The highest BCUT2D eigenvalue weighted by molar-refractivity contribution is 7.96. The lowest BCUT2D eigenvalue weighted by Gasteiger charge is -2.12. The van der Waals surface area contributed by atoms with Crippen molar-refractivity contribution in [3.63, 3.8) is 0 Å². The molecule has 3 rings (SSSR count). The third kappa shape index (κ3) is 4.23. The van der Waals surface area contributed by atoms with Crippen molar-refractivity contribution < 1.29 is 4.39 Å². The van der Waals surface area contributed by atoms with Crippen LogP contribution in [0, 0.1) is 5.82 Å². The topological polar surface area (TPSA) is 78.8 Å². The number of fused-ring (bicyclic) bond motifs is 1. The molecule has 2 N–H and O–H groups in total. The maximum atomic E-state index is 13.9. The average Bonchev–Trinajstić information content (AvgIpc) is 2.95. The quantitative estimate of drug-likeness (QED) is 0.464. The predicted octanol–water partition coefficient (Wildman–Crippen LogP) is 2.32. The lowest BCUT2D eigenvalue weighted by atomic mass is 10.2. The van der Waals surface area contributed by atoms with Crippen molar-refractivity contribution in [2.45, 2.75) is 13.0 Å². The van der Waals surface area contributed by atoms with Gasteiger partial charge in [-0.1, -0.05) is 30.1 Å². The molecular weight excluding hydrogens is 355 g/mol. The van der Waals surface area contributed by atoms with Gasteiger partial charge in [-0.15, -0.1) is 0 Å². The van der Waals surface area contributed by atoms with Crippen molar-refractivity contribution in [1.29, 1.82) is 0 Å². The summed E-state index contributed by atoms with van der Waals surface area (Å²) in [5.41, 5.74) is 1.08. The predicted molar refractivity (Wildman–Crippen MR) is 103 cm³/mol. The minimum Gasteiger partial charge on any atom is -0.354 e. The maximum Gasteiger partial charge on any atom is 0.328 e. The van der Waals surface area contributed by atoms with Crippen molar-refractivity contribution >= 4 is 29.1 Å². The van der Waals surface area contributed by atoms with E-state index < -0.39 is 0 Å². The lowest BCUT2D eigenvalue weighted by molar-refractivity contribution is 0.553. The van der Waals surface area contributed by atoms with Crippen LogP contribution in [0.15, 0.2) is 35.3 Å². The van der Waals surface area contributed by atoms with Gasteiger partial charge in [0.2, 0.25) is 5.95 Å². The summed E-state index contributed by atoms with van der Waals surface area (Å²) in [7, 11) is 2.04. The largest absolute Gasteiger partial charge is 0.354 e. The van der Waals surface area contributed by atoms with Crippen LogP contribution in [0.25, 0.3) is 11.2 Å². The van der Waals surface area contributed by atoms with Crippen LogP contribution in [0.1, 0.15) is 12.0 Å². The molecule has 0 saturated heterocycles. The molecule has 0 aliphatic heterocycles. The van der Waals surface area contributed by atoms with Crippen molar-refractivity contribution in [2.75, 3.05) is 31.7 Å². The Morgan fingerprint density at radius 2 is 2.19 bits per heavy atom. The molecule has 7 nitrogen and oxygen atoms in total. The average molecular weight is 376 g/mol. The van der Waals surface area contributed by atoms with E-state index in [0.29, 0.717) is 22.7 Å². The Labute approximate surface area is 154 Å². The summed E-state index contributed by atoms with van der Waals surface area (Å²) in [5.74, 6) is 0.102. The number of aromatic amines is 1. The van der Waals surface area contributed by atoms with E-state index in [-0.39, 0.29) is 18.1 Å². The number of aromatic nitrogens is 4. The van der Waals surface area contributed by atoms with Gasteiger partial charge >= 0.3 is 5.69 Å². The van der Waals surface area contributed by atoms with Gasteiger partial charge in [0, 0.05) is 18.7 Å². The van der Waals surface area contributed by atoms with Crippen molar-refractivity contribution in [2.24, 2.45) is 0 Å². The molecule has 26 heavy (non-hydrogen) atoms. The summed E-state index contributed by atoms with van der Waals surface area (Å²) in [4.78, 5) is 23.6. The first-order chi connectivity index (χ1) is 12.6. The van der Waals surface area contributed by atoms with E-state index in [9.17, 15) is 9.18 Å². The fraction of sp³-hybridized carbons (Fsp3) is 0.353. The van der Waals surface area contributed by atoms with Crippen LogP contribution in [0.4, 0.5) is 10.3 Å². The second-order valence-corrected chi connectivity index (χ2v) is 6.84. The molecule has 0 saturated carbocycles. The summed E-state index contributed by atoms with van der Waals surface area (Å²) < 4.78 is 17.5. The van der Waals surface area contributed by atoms with Crippen LogP contribution < -0.4 is 11.0 Å². The number of nitrogens with one attached hydrogen (secondary N) is 2. The number of hydrogen-bond donors (Lipinski definition) is 2. The van der Waals surface area contributed by atoms with Crippen molar-refractivity contribution in [3.05, 3.63) is 52.3 Å². The first-order valence-corrected chi connectivity index (χ1v) is 9.44. The molecule has 0 bridgehead atoms. The molecule has 1 aromatic carbocycles. The zero-order valence-electron chi connectivity index (χ0n) is 14.7. The Balaban J connectivity index is 1.78. The van der Waals surface area contributed by atoms with E-state index >= 15 is 0 Å². The molecule has 3 aromatic rings. The molecule has 0 unspecified atom stereocenters. The number of imidazole rings is 1. The van der Waals surface area contributed by atoms with Crippen LogP contribution in [-0.4, -0.2) is 50.2 Å². The fourth-order valence-electron chi connectivity index (χ4n) is 2.57. The summed E-state index contributed by atoms with van der Waals surface area (Å²) >= 11 is 1.68. The van der Waals surface area contributed by atoms with Gasteiger partial charge in [-0.05, 0) is 25.8 Å². The van der Waals surface area contributed by atoms with Gasteiger partial charge in [0.05, 0.1) is 12.7 Å². The number of nitrogens with zero attached hydrogens (tertiary/aromatic N) is 4. The molecular formula is C17H21FN6OS. The molecule has 0 spiro atoms. The van der Waals surface area contributed by atoms with E-state index in [1.165, 1.54) is 10.6 Å². The summed E-state index contributed by atoms with van der Waals surface area (Å²) in [6, 6.07) is 6.40. The van der Waals surface area contributed by atoms with Crippen molar-refractivity contribution in [1.82, 2.24) is 23.8 Å². The van der Waals surface area contributed by atoms with E-state index in [2.05, 4.69) is 24.6 Å². The van der Waals surface area contributed by atoms with Gasteiger partial charge in [-0.2, -0.15) is 4.98 Å². The first-order valence-electron chi connectivity index (χ1n) is 8.26. The Bertz CT molecular complexity index is 940. The van der Waals surface area contributed by atoms with Crippen LogP contribution in [0.2, 0.25) is 0 Å². The molecule has 138 valence electrons. The van der Waals surface area contributed by atoms with Crippen LogP contribution in [-0.2, 0) is 6.54 Å². The molecule has 0 aliphatic carbocycles. The smallest absolute Gasteiger partial charge is 0.328 e. The van der Waals surface area contributed by atoms with Crippen molar-refractivity contribution in [3.8, 4) is 0 Å². The highest BCUT2D eigenvalue weighted by Gasteiger charge is 2.12. The molecule has 0 radical (unpaired) electrons. The zero-order chi connectivity index (χ0) is 18.5. The lowest BCUT2D eigenvalue weighted by Crippen LogP contribution is -2.18. The molecule has 2 heterocycles. The van der Waals surface area contributed by atoms with Gasteiger partial charge in [0.25, 0.3) is 0 Å². The van der Waals surface area contributed by atoms with E-state index in [4.69, 9.17) is 0 Å². The van der Waals surface area contributed by atoms with Gasteiger partial charge in [-0.3, -0.25) is 8.87 Å². The molecule has 0 atom stereocenters. The number of rotatable bonds is 8. The van der Waals surface area contributed by atoms with Crippen LogP contribution >= 0.6 is 11.9 Å². The fourth-order valence-corrected chi connectivity index (χ4v) is 2.88. The standard InChI is InChI=1S/C17H21FN6OS/c1-23(26-2)9-5-8-19-16-20-10-14-15(22-16)24(17(25)21-14)11-12-6-3-4-7-13(12)18/h3-4,6-7,10H,5,8-9,11H2,1-2H3,(H,21,25)(H,19,20,22). The third-order valence-corrected chi connectivity index (χ3v) is 4.85. The molecule has 0 fully saturated rings. The SMILES string of the molecule is CSN(C)CCCNc1ncc2[nH]c(=O)n(Cc3ccccc3F)c2n1. The number of halogens is 1. The monoisotopic (exact) mass is 376 g/mol. The number of H-pyrrole nitrogens is 1. The number of anilines is 1. The maximum absolute atomic E-state index is 13.9. The highest BCUT2D eigenvalue weighted by atomic mass is 32.2. The molecule has 2 aromatic heterocycles.